The molecule has 9 nitrogen and oxygen atoms in total. The van der Waals surface area contributed by atoms with Gasteiger partial charge in [0.1, 0.15) is 0 Å². The maximum atomic E-state index is 13.0. The van der Waals surface area contributed by atoms with Crippen molar-refractivity contribution in [3.63, 3.8) is 0 Å². The van der Waals surface area contributed by atoms with E-state index in [1.54, 1.807) is 12.1 Å². The second kappa shape index (κ2) is 13.1. The van der Waals surface area contributed by atoms with Gasteiger partial charge in [-0.2, -0.15) is 5.10 Å². The molecule has 3 aromatic carbocycles. The van der Waals surface area contributed by atoms with Crippen LogP contribution in [0.5, 0.6) is 23.0 Å². The quantitative estimate of drug-likeness (QED) is 0.134. The molecule has 0 fully saturated rings. The van der Waals surface area contributed by atoms with E-state index < -0.39 is 5.97 Å². The molecule has 0 atom stereocenters. The van der Waals surface area contributed by atoms with Crippen molar-refractivity contribution in [2.45, 2.75) is 6.92 Å². The van der Waals surface area contributed by atoms with Crippen LogP contribution in [-0.2, 0) is 4.79 Å². The first-order valence-electron chi connectivity index (χ1n) is 10.9. The highest BCUT2D eigenvalue weighted by molar-refractivity contribution is 9.11. The number of rotatable bonds is 10. The number of nitrogens with zero attached hydrogens (tertiary/aromatic N) is 1. The number of benzene rings is 3. The zero-order chi connectivity index (χ0) is 26.9. The number of ether oxygens (including phenoxy) is 4. The third kappa shape index (κ3) is 7.46. The fourth-order valence-electron chi connectivity index (χ4n) is 3.29. The van der Waals surface area contributed by atoms with E-state index in [9.17, 15) is 9.59 Å². The normalized spacial score (nSPS) is 10.6. The van der Waals surface area contributed by atoms with Crippen LogP contribution >= 0.6 is 31.9 Å². The maximum absolute atomic E-state index is 13.0. The van der Waals surface area contributed by atoms with E-state index in [1.807, 2.05) is 31.2 Å². The molecule has 0 spiro atoms. The summed E-state index contributed by atoms with van der Waals surface area (Å²) in [4.78, 5) is 25.3. The fourth-order valence-corrected chi connectivity index (χ4v) is 4.62. The van der Waals surface area contributed by atoms with Crippen LogP contribution in [0.25, 0.3) is 0 Å². The molecule has 3 aromatic rings. The number of esters is 1. The Kier molecular flexibility index (Phi) is 9.93. The summed E-state index contributed by atoms with van der Waals surface area (Å²) in [6.07, 6.45) is 1.39. The van der Waals surface area contributed by atoms with Crippen LogP contribution in [0, 0.1) is 6.92 Å². The lowest BCUT2D eigenvalue weighted by atomic mass is 10.1. The van der Waals surface area contributed by atoms with Crippen LogP contribution < -0.4 is 29.7 Å². The Bertz CT molecular complexity index is 1300. The van der Waals surface area contributed by atoms with Gasteiger partial charge in [-0.15, -0.1) is 0 Å². The van der Waals surface area contributed by atoms with Gasteiger partial charge in [0.25, 0.3) is 5.91 Å². The third-order valence-electron chi connectivity index (χ3n) is 5.00. The minimum absolute atomic E-state index is 0.0337. The summed E-state index contributed by atoms with van der Waals surface area (Å²) in [5.74, 6) is 0.177. The molecule has 3 rings (SSSR count). The lowest BCUT2D eigenvalue weighted by Crippen LogP contribution is -2.25. The van der Waals surface area contributed by atoms with Crippen LogP contribution in [0.1, 0.15) is 21.5 Å². The van der Waals surface area contributed by atoms with Gasteiger partial charge in [0, 0.05) is 15.7 Å². The molecular weight excluding hydrogens is 610 g/mol. The summed E-state index contributed by atoms with van der Waals surface area (Å²) in [5.41, 5.74) is 4.99. The minimum Gasteiger partial charge on any atom is -0.493 e. The molecule has 0 unspecified atom stereocenters. The van der Waals surface area contributed by atoms with Crippen molar-refractivity contribution in [3.05, 3.63) is 74.2 Å². The van der Waals surface area contributed by atoms with Gasteiger partial charge in [-0.05, 0) is 64.8 Å². The van der Waals surface area contributed by atoms with Gasteiger partial charge >= 0.3 is 5.97 Å². The highest BCUT2D eigenvalue weighted by Gasteiger charge is 2.20. The number of carbonyl (C=O) groups excluding carboxylic acids is 2. The van der Waals surface area contributed by atoms with E-state index in [4.69, 9.17) is 18.9 Å². The Labute approximate surface area is 231 Å². The van der Waals surface area contributed by atoms with Gasteiger partial charge < -0.3 is 24.3 Å². The number of anilines is 1. The SMILES string of the molecule is COc1cc(C(=O)Oc2c(Br)cc(Br)cc2/C=N\NC(=O)CNc2cccc(C)c2)cc(OC)c1OC. The Morgan fingerprint density at radius 3 is 2.27 bits per heavy atom. The Morgan fingerprint density at radius 1 is 0.946 bits per heavy atom. The summed E-state index contributed by atoms with van der Waals surface area (Å²) >= 11 is 6.83. The summed E-state index contributed by atoms with van der Waals surface area (Å²) in [7, 11) is 4.38. The molecule has 0 bridgehead atoms. The van der Waals surface area contributed by atoms with Crippen LogP contribution in [0.3, 0.4) is 0 Å². The lowest BCUT2D eigenvalue weighted by Gasteiger charge is -2.15. The highest BCUT2D eigenvalue weighted by atomic mass is 79.9. The Morgan fingerprint density at radius 2 is 1.65 bits per heavy atom. The number of aryl methyl sites for hydroxylation is 1. The number of nitrogens with one attached hydrogen (secondary N) is 2. The van der Waals surface area contributed by atoms with Crippen LogP contribution in [0.4, 0.5) is 5.69 Å². The molecule has 194 valence electrons. The standard InChI is InChI=1S/C26H25Br2N3O6/c1-15-6-5-7-19(8-15)29-14-23(32)31-30-13-17-9-18(27)12-20(28)24(17)37-26(33)16-10-21(34-2)25(36-4)22(11-16)35-3/h5-13,29H,14H2,1-4H3,(H,31,32)/b30-13-. The van der Waals surface area contributed by atoms with E-state index in [1.165, 1.54) is 39.7 Å². The predicted molar refractivity (Wildman–Crippen MR) is 148 cm³/mol. The van der Waals surface area contributed by atoms with Gasteiger partial charge in [-0.25, -0.2) is 10.2 Å². The number of carbonyl (C=O) groups is 2. The Hall–Kier alpha value is -3.57. The number of halogens is 2. The first-order valence-corrected chi connectivity index (χ1v) is 12.5. The highest BCUT2D eigenvalue weighted by Crippen LogP contribution is 2.39. The smallest absolute Gasteiger partial charge is 0.343 e. The molecule has 0 radical (unpaired) electrons. The molecule has 37 heavy (non-hydrogen) atoms. The van der Waals surface area contributed by atoms with Gasteiger partial charge in [-0.1, -0.05) is 28.1 Å². The largest absolute Gasteiger partial charge is 0.493 e. The predicted octanol–water partition coefficient (Wildman–Crippen LogP) is 5.33. The molecule has 0 heterocycles. The molecule has 0 aliphatic carbocycles. The number of amides is 1. The molecule has 11 heteroatoms. The number of hydrogen-bond acceptors (Lipinski definition) is 8. The van der Waals surface area contributed by atoms with Crippen molar-refractivity contribution in [1.29, 1.82) is 0 Å². The van der Waals surface area contributed by atoms with E-state index in [2.05, 4.69) is 47.7 Å². The molecule has 0 aliphatic heterocycles. The number of hydrogen-bond donors (Lipinski definition) is 2. The van der Waals surface area contributed by atoms with Gasteiger partial charge in [0.2, 0.25) is 5.75 Å². The van der Waals surface area contributed by atoms with E-state index >= 15 is 0 Å². The summed E-state index contributed by atoms with van der Waals surface area (Å²) < 4.78 is 22.8. The van der Waals surface area contributed by atoms with Crippen molar-refractivity contribution < 1.29 is 28.5 Å². The minimum atomic E-state index is -0.664. The fraction of sp³-hybridized carbons (Fsp3) is 0.192. The summed E-state index contributed by atoms with van der Waals surface area (Å²) in [6, 6.07) is 14.1. The van der Waals surface area contributed by atoms with Crippen LogP contribution in [0.2, 0.25) is 0 Å². The Balaban J connectivity index is 1.76. The topological polar surface area (TPSA) is 107 Å². The zero-order valence-corrected chi connectivity index (χ0v) is 23.7. The van der Waals surface area contributed by atoms with E-state index in [0.717, 1.165) is 11.3 Å². The molecule has 0 saturated heterocycles. The van der Waals surface area contributed by atoms with Gasteiger partial charge in [-0.3, -0.25) is 4.79 Å². The molecule has 2 N–H and O–H groups in total. The van der Waals surface area contributed by atoms with Gasteiger partial charge in [0.05, 0.1) is 44.1 Å². The average molecular weight is 635 g/mol. The first-order chi connectivity index (χ1) is 17.7. The van der Waals surface area contributed by atoms with Crippen molar-refractivity contribution in [3.8, 4) is 23.0 Å². The monoisotopic (exact) mass is 633 g/mol. The number of methoxy groups -OCH3 is 3. The number of hydrazone groups is 1. The van der Waals surface area contributed by atoms with Crippen molar-refractivity contribution >= 4 is 55.6 Å². The molecular formula is C26H25Br2N3O6. The van der Waals surface area contributed by atoms with E-state index in [-0.39, 0.29) is 23.8 Å². The van der Waals surface area contributed by atoms with Gasteiger partial charge in [0.15, 0.2) is 17.2 Å². The molecule has 0 aromatic heterocycles. The summed E-state index contributed by atoms with van der Waals surface area (Å²) in [6.45, 7) is 2.00. The average Bonchev–Trinajstić information content (AvgIpc) is 2.88. The second-order valence-electron chi connectivity index (χ2n) is 7.63. The summed E-state index contributed by atoms with van der Waals surface area (Å²) in [5, 5.41) is 7.05. The first kappa shape index (κ1) is 28.0. The molecule has 0 saturated carbocycles. The van der Waals surface area contributed by atoms with Crippen molar-refractivity contribution in [1.82, 2.24) is 5.43 Å². The third-order valence-corrected chi connectivity index (χ3v) is 6.04. The van der Waals surface area contributed by atoms with Crippen LogP contribution in [-0.4, -0.2) is 46.0 Å². The van der Waals surface area contributed by atoms with Crippen LogP contribution in [0.15, 0.2) is 62.6 Å². The van der Waals surface area contributed by atoms with Crippen molar-refractivity contribution in [2.75, 3.05) is 33.2 Å². The lowest BCUT2D eigenvalue weighted by molar-refractivity contribution is -0.119. The van der Waals surface area contributed by atoms with Crippen molar-refractivity contribution in [2.24, 2.45) is 5.10 Å². The maximum Gasteiger partial charge on any atom is 0.343 e. The van der Waals surface area contributed by atoms with E-state index in [0.29, 0.717) is 31.8 Å². The molecule has 0 aliphatic rings. The second-order valence-corrected chi connectivity index (χ2v) is 9.40. The zero-order valence-electron chi connectivity index (χ0n) is 20.6. The molecule has 1 amide bonds.